The van der Waals surface area contributed by atoms with Crippen molar-refractivity contribution in [1.29, 1.82) is 0 Å². The topological polar surface area (TPSA) is 73.8 Å². The second-order valence-corrected chi connectivity index (χ2v) is 9.77. The van der Waals surface area contributed by atoms with Crippen molar-refractivity contribution in [2.75, 3.05) is 0 Å². The minimum absolute atomic E-state index is 0.0450. The summed E-state index contributed by atoms with van der Waals surface area (Å²) in [6.45, 7) is 4.36. The summed E-state index contributed by atoms with van der Waals surface area (Å²) in [6.07, 6.45) is 14.0. The molecule has 0 saturated heterocycles. The molecule has 2 fully saturated rings. The maximum atomic E-state index is 12.0. The molecule has 0 spiro atoms. The fourth-order valence-corrected chi connectivity index (χ4v) is 7.09. The summed E-state index contributed by atoms with van der Waals surface area (Å²) in [7, 11) is 0. The number of rotatable bonds is 1. The van der Waals surface area contributed by atoms with Gasteiger partial charge in [0.1, 0.15) is 5.60 Å². The van der Waals surface area contributed by atoms with Crippen LogP contribution in [0.3, 0.4) is 0 Å². The molecule has 4 aliphatic rings. The fourth-order valence-electron chi connectivity index (χ4n) is 7.09. The van der Waals surface area contributed by atoms with Crippen molar-refractivity contribution in [3.05, 3.63) is 48.0 Å². The molecule has 0 aliphatic heterocycles. The predicted molar refractivity (Wildman–Crippen MR) is 102 cm³/mol. The zero-order valence-electron chi connectivity index (χ0n) is 16.2. The summed E-state index contributed by atoms with van der Waals surface area (Å²) < 4.78 is 5.25. The van der Waals surface area contributed by atoms with Gasteiger partial charge in [0, 0.05) is 11.0 Å². The Hall–Kier alpha value is -1.36. The Balaban J connectivity index is 1.57. The second kappa shape index (κ2) is 5.37. The van der Waals surface area contributed by atoms with Gasteiger partial charge in [-0.1, -0.05) is 31.6 Å². The molecule has 3 N–H and O–H groups in total. The molecule has 0 aromatic carbocycles. The van der Waals surface area contributed by atoms with Crippen LogP contribution in [0, 0.1) is 22.7 Å². The first kappa shape index (κ1) is 17.7. The summed E-state index contributed by atoms with van der Waals surface area (Å²) in [5.41, 5.74) is -0.771. The Morgan fingerprint density at radius 2 is 1.85 bits per heavy atom. The van der Waals surface area contributed by atoms with Crippen molar-refractivity contribution in [3.63, 3.8) is 0 Å². The molecule has 4 nitrogen and oxygen atoms in total. The summed E-state index contributed by atoms with van der Waals surface area (Å²) in [4.78, 5) is 0. The van der Waals surface area contributed by atoms with E-state index in [2.05, 4.69) is 13.0 Å². The highest BCUT2D eigenvalue weighted by Gasteiger charge is 2.69. The van der Waals surface area contributed by atoms with Crippen molar-refractivity contribution in [3.8, 4) is 0 Å². The van der Waals surface area contributed by atoms with Gasteiger partial charge in [0.15, 0.2) is 0 Å². The summed E-state index contributed by atoms with van der Waals surface area (Å²) in [6, 6.07) is 1.80. The van der Waals surface area contributed by atoms with Crippen LogP contribution < -0.4 is 0 Å². The fraction of sp³-hybridized carbons (Fsp3) is 0.652. The molecule has 2 saturated carbocycles. The van der Waals surface area contributed by atoms with Gasteiger partial charge in [-0.05, 0) is 67.9 Å². The predicted octanol–water partition coefficient (Wildman–Crippen LogP) is 3.68. The highest BCUT2D eigenvalue weighted by molar-refractivity contribution is 5.41. The van der Waals surface area contributed by atoms with E-state index in [0.717, 1.165) is 44.1 Å². The van der Waals surface area contributed by atoms with E-state index in [1.807, 2.05) is 13.0 Å². The van der Waals surface area contributed by atoms with E-state index in [9.17, 15) is 15.3 Å². The zero-order valence-corrected chi connectivity index (χ0v) is 16.2. The van der Waals surface area contributed by atoms with Crippen molar-refractivity contribution in [2.45, 2.75) is 69.7 Å². The molecule has 1 aromatic rings. The standard InChI is InChI=1S/C23H30O4/c1-20-8-5-17(24)13-15(20)3-4-19-18(20)6-9-21(2)22(25,10-11-23(19,21)26)16-7-12-27-14-16/h7,10-14,17-19,24-26H,3-6,8-9H2,1-2H3/t17-,18-,19+,20-,21+,22-,23-/m0/s1. The molecule has 5 rings (SSSR count). The van der Waals surface area contributed by atoms with Gasteiger partial charge >= 0.3 is 0 Å². The Bertz CT molecular complexity index is 810. The molecular weight excluding hydrogens is 340 g/mol. The number of aliphatic hydroxyl groups excluding tert-OH is 1. The monoisotopic (exact) mass is 370 g/mol. The van der Waals surface area contributed by atoms with Crippen LogP contribution in [0.25, 0.3) is 0 Å². The third-order valence-corrected chi connectivity index (χ3v) is 8.90. The summed E-state index contributed by atoms with van der Waals surface area (Å²) in [5.74, 6) is 0.491. The smallest absolute Gasteiger partial charge is 0.119 e. The molecule has 4 aliphatic carbocycles. The highest BCUT2D eigenvalue weighted by Crippen LogP contribution is 2.69. The largest absolute Gasteiger partial charge is 0.472 e. The minimum atomic E-state index is -1.21. The van der Waals surface area contributed by atoms with Crippen molar-refractivity contribution >= 4 is 0 Å². The Morgan fingerprint density at radius 3 is 2.59 bits per heavy atom. The lowest BCUT2D eigenvalue weighted by Gasteiger charge is -2.62. The first-order valence-electron chi connectivity index (χ1n) is 10.3. The number of hydrogen-bond acceptors (Lipinski definition) is 4. The lowest BCUT2D eigenvalue weighted by atomic mass is 9.44. The summed E-state index contributed by atoms with van der Waals surface area (Å²) >= 11 is 0. The van der Waals surface area contributed by atoms with E-state index in [-0.39, 0.29) is 17.4 Å². The van der Waals surface area contributed by atoms with Crippen molar-refractivity contribution in [2.24, 2.45) is 22.7 Å². The average Bonchev–Trinajstić information content (AvgIpc) is 3.24. The summed E-state index contributed by atoms with van der Waals surface area (Å²) in [5, 5.41) is 33.7. The lowest BCUT2D eigenvalue weighted by Crippen LogP contribution is -2.64. The first-order valence-corrected chi connectivity index (χ1v) is 10.3. The van der Waals surface area contributed by atoms with E-state index in [1.165, 1.54) is 5.57 Å². The molecule has 27 heavy (non-hydrogen) atoms. The zero-order chi connectivity index (χ0) is 19.1. The van der Waals surface area contributed by atoms with Crippen LogP contribution in [-0.2, 0) is 5.60 Å². The number of allylic oxidation sites excluding steroid dienone is 1. The van der Waals surface area contributed by atoms with E-state index in [1.54, 1.807) is 24.7 Å². The molecule has 0 radical (unpaired) electrons. The van der Waals surface area contributed by atoms with Gasteiger partial charge in [-0.25, -0.2) is 0 Å². The normalized spacial score (nSPS) is 51.3. The second-order valence-electron chi connectivity index (χ2n) is 9.77. The SMILES string of the molecule is C[C@]12CC[C@H]3[C@@H](CCC4=C[C@@H](O)CC[C@@]43C)[C@@]1(O)C=C[C@]2(O)c1ccoc1. The van der Waals surface area contributed by atoms with Gasteiger partial charge in [-0.2, -0.15) is 0 Å². The molecule has 0 amide bonds. The van der Waals surface area contributed by atoms with Crippen LogP contribution in [0.5, 0.6) is 0 Å². The molecule has 0 unspecified atom stereocenters. The lowest BCUT2D eigenvalue weighted by molar-refractivity contribution is -0.209. The third kappa shape index (κ3) is 1.99. The van der Waals surface area contributed by atoms with Gasteiger partial charge in [0.05, 0.1) is 24.2 Å². The van der Waals surface area contributed by atoms with Gasteiger partial charge in [-0.15, -0.1) is 0 Å². The molecule has 146 valence electrons. The number of aliphatic hydroxyl groups is 3. The Morgan fingerprint density at radius 1 is 1.04 bits per heavy atom. The molecule has 7 atom stereocenters. The average molecular weight is 370 g/mol. The number of fused-ring (bicyclic) bond motifs is 5. The van der Waals surface area contributed by atoms with Crippen LogP contribution in [-0.4, -0.2) is 27.0 Å². The van der Waals surface area contributed by atoms with Crippen LogP contribution in [0.2, 0.25) is 0 Å². The van der Waals surface area contributed by atoms with Crippen molar-refractivity contribution in [1.82, 2.24) is 0 Å². The number of hydrogen-bond donors (Lipinski definition) is 3. The Kier molecular flexibility index (Phi) is 3.52. The third-order valence-electron chi connectivity index (χ3n) is 8.90. The van der Waals surface area contributed by atoms with E-state index < -0.39 is 16.6 Å². The van der Waals surface area contributed by atoms with Crippen LogP contribution >= 0.6 is 0 Å². The van der Waals surface area contributed by atoms with Crippen LogP contribution in [0.4, 0.5) is 0 Å². The van der Waals surface area contributed by atoms with Gasteiger partial charge in [-0.3, -0.25) is 0 Å². The van der Waals surface area contributed by atoms with Gasteiger partial charge in [0.2, 0.25) is 0 Å². The van der Waals surface area contributed by atoms with Gasteiger partial charge in [0.25, 0.3) is 0 Å². The molecule has 0 bridgehead atoms. The quantitative estimate of drug-likeness (QED) is 0.659. The molecule has 1 aromatic heterocycles. The van der Waals surface area contributed by atoms with Crippen molar-refractivity contribution < 1.29 is 19.7 Å². The Labute approximate surface area is 160 Å². The highest BCUT2D eigenvalue weighted by atomic mass is 16.3. The maximum absolute atomic E-state index is 12.0. The maximum Gasteiger partial charge on any atom is 0.119 e. The van der Waals surface area contributed by atoms with E-state index in [0.29, 0.717) is 5.92 Å². The molecular formula is C23H30O4. The van der Waals surface area contributed by atoms with Crippen LogP contribution in [0.1, 0.15) is 57.9 Å². The van der Waals surface area contributed by atoms with E-state index >= 15 is 0 Å². The number of furan rings is 1. The first-order chi connectivity index (χ1) is 12.7. The van der Waals surface area contributed by atoms with Gasteiger partial charge < -0.3 is 19.7 Å². The van der Waals surface area contributed by atoms with Crippen LogP contribution in [0.15, 0.2) is 46.8 Å². The molecule has 1 heterocycles. The minimum Gasteiger partial charge on any atom is -0.472 e. The molecule has 4 heteroatoms. The van der Waals surface area contributed by atoms with E-state index in [4.69, 9.17) is 4.42 Å².